The predicted octanol–water partition coefficient (Wildman–Crippen LogP) is -6.06. The largest absolute Gasteiger partial charge is 0.394 e. The summed E-state index contributed by atoms with van der Waals surface area (Å²) in [7, 11) is 0. The zero-order valence-electron chi connectivity index (χ0n) is 44.4. The fourth-order valence-corrected chi connectivity index (χ4v) is 7.60. The Labute approximate surface area is 463 Å². The molecule has 8 atom stereocenters. The van der Waals surface area contributed by atoms with Crippen molar-refractivity contribution in [3.8, 4) is 0 Å². The van der Waals surface area contributed by atoms with E-state index in [0.717, 1.165) is 0 Å². The molecular formula is C50H78N16O12S. The van der Waals surface area contributed by atoms with Gasteiger partial charge in [-0.25, -0.2) is 0 Å². The number of carbonyl (C=O) groups excluding carboxylic acids is 11. The number of guanidine groups is 1. The molecule has 0 fully saturated rings. The third kappa shape index (κ3) is 26.3. The van der Waals surface area contributed by atoms with Crippen molar-refractivity contribution in [1.82, 2.24) is 47.9 Å². The quantitative estimate of drug-likeness (QED) is 0.0130. The molecule has 0 heterocycles. The lowest BCUT2D eigenvalue weighted by atomic mass is 10.0. The zero-order valence-corrected chi connectivity index (χ0v) is 45.3. The Morgan fingerprint density at radius 3 is 1.44 bits per heavy atom. The van der Waals surface area contributed by atoms with Crippen LogP contribution >= 0.6 is 12.6 Å². The second-order valence-electron chi connectivity index (χ2n) is 18.6. The summed E-state index contributed by atoms with van der Waals surface area (Å²) in [5.41, 5.74) is 34.2. The first-order valence-electron chi connectivity index (χ1n) is 25.5. The molecule has 0 bridgehead atoms. The van der Waals surface area contributed by atoms with Crippen LogP contribution in [0.15, 0.2) is 65.7 Å². The second-order valence-corrected chi connectivity index (χ2v) is 19.0. The summed E-state index contributed by atoms with van der Waals surface area (Å²) in [4.78, 5) is 149. The lowest BCUT2D eigenvalue weighted by Gasteiger charge is -2.26. The summed E-state index contributed by atoms with van der Waals surface area (Å²) in [5.74, 6) is -10.2. The number of nitrogens with two attached hydrogens (primary N) is 6. The monoisotopic (exact) mass is 1130 g/mol. The predicted molar refractivity (Wildman–Crippen MR) is 294 cm³/mol. The number of carbonyl (C=O) groups is 11. The number of amides is 11. The standard InChI is InChI=1S/C50H78N16O12S/c1-28(2)41(53)49(78)63-33(18-19-38(52)68)43(72)58-25-40(70)61-36(26-67)47(76)65-35(23-30-14-7-4-8-15-30)46(75)66-37(27-79)48(77)64-34(22-29-12-5-3-6-13-29)44(73)59-24-39(69)60-32(17-11-21-57-50(55)56)45(74)62-31(42(54)71)16-9-10-20-51/h3-8,12-15,28,31-37,41,67,79H,9-11,16-27,51,53H2,1-2H3,(H2,52,68)(H2,54,71)(H,58,72)(H,59,73)(H,60,69)(H,61,70)(H,62,74)(H,63,78)(H,64,77)(H,65,76)(H,66,75)(H4,55,56,57)/t31-,32-,33-,34-,35-,36-,37-,41-/m0/s1. The molecule has 0 aliphatic carbocycles. The van der Waals surface area contributed by atoms with Crippen LogP contribution in [0.25, 0.3) is 0 Å². The van der Waals surface area contributed by atoms with E-state index in [1.807, 2.05) is 0 Å². The summed E-state index contributed by atoms with van der Waals surface area (Å²) < 4.78 is 0. The molecule has 0 aliphatic heterocycles. The van der Waals surface area contributed by atoms with Crippen LogP contribution in [0.4, 0.5) is 0 Å². The number of nitrogens with zero attached hydrogens (tertiary/aromatic N) is 1. The van der Waals surface area contributed by atoms with Crippen LogP contribution in [0.5, 0.6) is 0 Å². The zero-order chi connectivity index (χ0) is 59.0. The van der Waals surface area contributed by atoms with Gasteiger partial charge in [0.05, 0.1) is 25.7 Å². The molecule has 2 rings (SSSR count). The average molecular weight is 1130 g/mol. The summed E-state index contributed by atoms with van der Waals surface area (Å²) in [5, 5.41) is 32.4. The summed E-state index contributed by atoms with van der Waals surface area (Å²) >= 11 is 4.28. The number of thiol groups is 1. The summed E-state index contributed by atoms with van der Waals surface area (Å²) in [6.07, 6.45) is 0.698. The Kier molecular flexibility index (Phi) is 30.8. The van der Waals surface area contributed by atoms with Gasteiger partial charge in [-0.3, -0.25) is 57.7 Å². The molecule has 2 aromatic rings. The fraction of sp³-hybridized carbons (Fsp3) is 0.520. The molecule has 0 aromatic heterocycles. The number of hydrogen-bond acceptors (Lipinski definition) is 16. The smallest absolute Gasteiger partial charge is 0.245 e. The molecule has 0 unspecified atom stereocenters. The van der Waals surface area contributed by atoms with Crippen molar-refractivity contribution in [1.29, 1.82) is 0 Å². The molecule has 0 saturated carbocycles. The highest BCUT2D eigenvalue weighted by Gasteiger charge is 2.33. The topological polar surface area (TPSA) is 485 Å². The van der Waals surface area contributed by atoms with Crippen molar-refractivity contribution in [3.05, 3.63) is 71.8 Å². The highest BCUT2D eigenvalue weighted by atomic mass is 32.1. The van der Waals surface area contributed by atoms with E-state index in [2.05, 4.69) is 65.5 Å². The molecule has 0 aliphatic rings. The van der Waals surface area contributed by atoms with E-state index < -0.39 is 133 Å². The first-order valence-corrected chi connectivity index (χ1v) is 26.2. The number of aliphatic hydroxyl groups is 1. The molecule has 2 aromatic carbocycles. The van der Waals surface area contributed by atoms with Gasteiger partial charge in [0.2, 0.25) is 65.0 Å². The minimum atomic E-state index is -1.68. The molecular weight excluding hydrogens is 1050 g/mol. The van der Waals surface area contributed by atoms with E-state index in [1.165, 1.54) is 0 Å². The molecule has 0 radical (unpaired) electrons. The number of primary amides is 2. The first-order chi connectivity index (χ1) is 37.5. The first kappa shape index (κ1) is 67.2. The van der Waals surface area contributed by atoms with Crippen LogP contribution in [0, 0.1) is 5.92 Å². The van der Waals surface area contributed by atoms with E-state index >= 15 is 0 Å². The molecule has 436 valence electrons. The SMILES string of the molecule is CC(C)[C@H](N)C(=O)N[C@@H](CCC(N)=O)C(=O)NCC(=O)N[C@@H](CO)C(=O)N[C@@H](Cc1ccccc1)C(=O)N[C@@H](CS)C(=O)N[C@@H](Cc1ccccc1)C(=O)NCC(=O)N[C@@H](CCCN=C(N)N)C(=O)N[C@@H](CCCCN)C(N)=O. The molecule has 11 amide bonds. The maximum absolute atomic E-state index is 14.1. The van der Waals surface area contributed by atoms with Gasteiger partial charge < -0.3 is 87.4 Å². The lowest BCUT2D eigenvalue weighted by molar-refractivity contribution is -0.135. The van der Waals surface area contributed by atoms with Gasteiger partial charge in [-0.1, -0.05) is 74.5 Å². The Morgan fingerprint density at radius 2 is 0.962 bits per heavy atom. The summed E-state index contributed by atoms with van der Waals surface area (Å²) in [6.45, 7) is 1.40. The van der Waals surface area contributed by atoms with E-state index in [-0.39, 0.29) is 69.1 Å². The number of unbranched alkanes of at least 4 members (excludes halogenated alkanes) is 1. The fourth-order valence-electron chi connectivity index (χ4n) is 7.34. The molecule has 0 spiro atoms. The van der Waals surface area contributed by atoms with Crippen molar-refractivity contribution >= 4 is 83.6 Å². The van der Waals surface area contributed by atoms with Gasteiger partial charge in [0.25, 0.3) is 0 Å². The minimum Gasteiger partial charge on any atom is -0.394 e. The van der Waals surface area contributed by atoms with Crippen LogP contribution in [-0.4, -0.2) is 163 Å². The van der Waals surface area contributed by atoms with Gasteiger partial charge in [0, 0.05) is 31.6 Å². The molecule has 22 N–H and O–H groups in total. The number of aliphatic imine (C=N–C) groups is 1. The van der Waals surface area contributed by atoms with Crippen molar-refractivity contribution in [2.45, 2.75) is 120 Å². The average Bonchev–Trinajstić information content (AvgIpc) is 3.41. The number of aliphatic hydroxyl groups excluding tert-OH is 1. The van der Waals surface area contributed by atoms with Crippen molar-refractivity contribution in [2.75, 3.05) is 38.5 Å². The highest BCUT2D eigenvalue weighted by Crippen LogP contribution is 2.09. The summed E-state index contributed by atoms with van der Waals surface area (Å²) in [6, 6.07) is 6.30. The van der Waals surface area contributed by atoms with Crippen molar-refractivity contribution in [2.24, 2.45) is 45.3 Å². The van der Waals surface area contributed by atoms with Crippen LogP contribution < -0.4 is 82.3 Å². The van der Waals surface area contributed by atoms with E-state index in [1.54, 1.807) is 74.5 Å². The Hall–Kier alpha value is -7.89. The Balaban J connectivity index is 2.26. The number of nitrogens with one attached hydrogen (secondary N) is 9. The van der Waals surface area contributed by atoms with Gasteiger partial charge in [-0.05, 0) is 62.1 Å². The van der Waals surface area contributed by atoms with Gasteiger partial charge in [0.1, 0.15) is 42.3 Å². The maximum Gasteiger partial charge on any atom is 0.245 e. The van der Waals surface area contributed by atoms with Crippen molar-refractivity contribution < 1.29 is 57.8 Å². The van der Waals surface area contributed by atoms with Crippen molar-refractivity contribution in [3.63, 3.8) is 0 Å². The van der Waals surface area contributed by atoms with Crippen LogP contribution in [0.3, 0.4) is 0 Å². The van der Waals surface area contributed by atoms with Crippen LogP contribution in [-0.2, 0) is 65.6 Å². The molecule has 28 nitrogen and oxygen atoms in total. The Bertz CT molecular complexity index is 2380. The lowest BCUT2D eigenvalue weighted by Crippen LogP contribution is -2.60. The molecule has 0 saturated heterocycles. The number of hydrogen-bond donors (Lipinski definition) is 17. The second kappa shape index (κ2) is 36.3. The maximum atomic E-state index is 14.1. The molecule has 79 heavy (non-hydrogen) atoms. The van der Waals surface area contributed by atoms with Gasteiger partial charge in [0.15, 0.2) is 5.96 Å². The molecule has 29 heteroatoms. The normalized spacial score (nSPS) is 13.9. The number of rotatable bonds is 37. The third-order valence-electron chi connectivity index (χ3n) is 11.9. The van der Waals surface area contributed by atoms with Gasteiger partial charge >= 0.3 is 0 Å². The minimum absolute atomic E-state index is 0.0119. The van der Waals surface area contributed by atoms with Crippen LogP contribution in [0.2, 0.25) is 0 Å². The number of benzene rings is 2. The highest BCUT2D eigenvalue weighted by molar-refractivity contribution is 7.80. The third-order valence-corrected chi connectivity index (χ3v) is 12.2. The van der Waals surface area contributed by atoms with E-state index in [9.17, 15) is 57.8 Å². The Morgan fingerprint density at radius 1 is 0.532 bits per heavy atom. The van der Waals surface area contributed by atoms with E-state index in [0.29, 0.717) is 30.5 Å². The van der Waals surface area contributed by atoms with Gasteiger partial charge in [-0.15, -0.1) is 0 Å². The van der Waals surface area contributed by atoms with E-state index in [4.69, 9.17) is 34.4 Å². The van der Waals surface area contributed by atoms with Gasteiger partial charge in [-0.2, -0.15) is 12.6 Å². The van der Waals surface area contributed by atoms with Crippen LogP contribution in [0.1, 0.15) is 69.9 Å².